The van der Waals surface area contributed by atoms with Crippen molar-refractivity contribution < 1.29 is 4.40 Å². The number of hydrogen-bond donors (Lipinski definition) is 0. The summed E-state index contributed by atoms with van der Waals surface area (Å²) in [7, 11) is 0. The van der Waals surface area contributed by atoms with Gasteiger partial charge in [-0.1, -0.05) is 18.2 Å². The van der Waals surface area contributed by atoms with Crippen LogP contribution in [0.2, 0.25) is 0 Å². The van der Waals surface area contributed by atoms with Crippen molar-refractivity contribution in [1.29, 1.82) is 0 Å². The molecule has 0 radical (unpaired) electrons. The smallest absolute Gasteiger partial charge is 0.166 e. The van der Waals surface area contributed by atoms with E-state index in [0.29, 0.717) is 0 Å². The molecule has 0 aliphatic rings. The molecule has 0 aliphatic carbocycles. The molecule has 3 aromatic rings. The molecule has 0 amide bonds. The first-order valence-electron chi connectivity index (χ1n) is 5.14. The molecule has 2 aromatic heterocycles. The van der Waals surface area contributed by atoms with Gasteiger partial charge in [-0.3, -0.25) is 0 Å². The van der Waals surface area contributed by atoms with Crippen LogP contribution in [0.1, 0.15) is 5.56 Å². The van der Waals surface area contributed by atoms with Gasteiger partial charge >= 0.3 is 0 Å². The van der Waals surface area contributed by atoms with Crippen molar-refractivity contribution in [3.63, 3.8) is 0 Å². The van der Waals surface area contributed by atoms with Crippen molar-refractivity contribution in [2.75, 3.05) is 0 Å². The largest absolute Gasteiger partial charge is 0.214 e. The molecule has 2 heterocycles. The summed E-state index contributed by atoms with van der Waals surface area (Å²) < 4.78 is 2.18. The van der Waals surface area contributed by atoms with Gasteiger partial charge in [0.05, 0.1) is 0 Å². The molecule has 0 saturated heterocycles. The van der Waals surface area contributed by atoms with Crippen molar-refractivity contribution in [2.24, 2.45) is 0 Å². The van der Waals surface area contributed by atoms with Gasteiger partial charge in [0.15, 0.2) is 12.4 Å². The summed E-state index contributed by atoms with van der Waals surface area (Å²) in [4.78, 5) is 0. The predicted molar refractivity (Wildman–Crippen MR) is 61.8 cm³/mol. The Morgan fingerprint density at radius 2 is 1.73 bits per heavy atom. The van der Waals surface area contributed by atoms with Gasteiger partial charge in [0.1, 0.15) is 0 Å². The van der Waals surface area contributed by atoms with Crippen LogP contribution in [-0.4, -0.2) is 0 Å². The molecule has 0 spiro atoms. The molecule has 1 heteroatoms. The third-order valence-electron chi connectivity index (χ3n) is 2.84. The molecular weight excluding hydrogens is 182 g/mol. The fourth-order valence-electron chi connectivity index (χ4n) is 2.01. The van der Waals surface area contributed by atoms with Gasteiger partial charge in [-0.25, -0.2) is 0 Å². The van der Waals surface area contributed by atoms with E-state index in [9.17, 15) is 0 Å². The topological polar surface area (TPSA) is 4.10 Å². The molecule has 72 valence electrons. The highest BCUT2D eigenvalue weighted by Crippen LogP contribution is 2.14. The van der Waals surface area contributed by atoms with Gasteiger partial charge < -0.3 is 0 Å². The van der Waals surface area contributed by atoms with E-state index in [4.69, 9.17) is 0 Å². The Bertz CT molecular complexity index is 641. The second-order valence-corrected chi connectivity index (χ2v) is 3.89. The number of hydrogen-bond acceptors (Lipinski definition) is 0. The molecule has 1 aromatic carbocycles. The first-order valence-corrected chi connectivity index (χ1v) is 5.14. The molecular formula is C14H12N+. The van der Waals surface area contributed by atoms with E-state index in [0.717, 1.165) is 0 Å². The van der Waals surface area contributed by atoms with Crippen LogP contribution in [0.4, 0.5) is 0 Å². The first-order chi connectivity index (χ1) is 7.34. The Morgan fingerprint density at radius 3 is 2.60 bits per heavy atom. The van der Waals surface area contributed by atoms with Gasteiger partial charge in [0.2, 0.25) is 5.52 Å². The zero-order chi connectivity index (χ0) is 10.3. The third-order valence-corrected chi connectivity index (χ3v) is 2.84. The number of aromatic nitrogens is 1. The van der Waals surface area contributed by atoms with Crippen molar-refractivity contribution in [1.82, 2.24) is 0 Å². The number of aryl methyl sites for hydroxylation is 1. The van der Waals surface area contributed by atoms with E-state index in [2.05, 4.69) is 66.2 Å². The summed E-state index contributed by atoms with van der Waals surface area (Å²) in [5.41, 5.74) is 2.58. The SMILES string of the molecule is Cc1ccc[n+]2cc3ccccc3cc12. The van der Waals surface area contributed by atoms with Crippen LogP contribution < -0.4 is 4.40 Å². The highest BCUT2D eigenvalue weighted by Gasteiger charge is 2.06. The Balaban J connectivity index is 2.53. The number of benzene rings is 1. The van der Waals surface area contributed by atoms with Gasteiger partial charge in [0, 0.05) is 23.1 Å². The van der Waals surface area contributed by atoms with Crippen LogP contribution in [0.15, 0.2) is 54.9 Å². The average Bonchev–Trinajstić information content (AvgIpc) is 2.27. The van der Waals surface area contributed by atoms with Crippen molar-refractivity contribution >= 4 is 16.3 Å². The Labute approximate surface area is 88.6 Å². The maximum atomic E-state index is 2.24. The fraction of sp³-hybridized carbons (Fsp3) is 0.0714. The van der Waals surface area contributed by atoms with Crippen LogP contribution >= 0.6 is 0 Å². The van der Waals surface area contributed by atoms with E-state index in [1.165, 1.54) is 21.9 Å². The fourth-order valence-corrected chi connectivity index (χ4v) is 2.01. The van der Waals surface area contributed by atoms with E-state index in [-0.39, 0.29) is 0 Å². The molecule has 0 fully saturated rings. The maximum Gasteiger partial charge on any atom is 0.214 e. The molecule has 0 N–H and O–H groups in total. The average molecular weight is 194 g/mol. The van der Waals surface area contributed by atoms with Crippen LogP contribution in [0, 0.1) is 6.92 Å². The molecule has 0 bridgehead atoms. The van der Waals surface area contributed by atoms with Crippen molar-refractivity contribution in [2.45, 2.75) is 6.92 Å². The zero-order valence-corrected chi connectivity index (χ0v) is 8.64. The van der Waals surface area contributed by atoms with Crippen molar-refractivity contribution in [3.05, 3.63) is 60.4 Å². The predicted octanol–water partition coefficient (Wildman–Crippen LogP) is 2.89. The van der Waals surface area contributed by atoms with E-state index in [1.54, 1.807) is 0 Å². The summed E-state index contributed by atoms with van der Waals surface area (Å²) in [6.07, 6.45) is 4.27. The minimum atomic E-state index is 1.27. The Kier molecular flexibility index (Phi) is 1.72. The second kappa shape index (κ2) is 3.06. The molecule has 1 nitrogen and oxygen atoms in total. The number of nitrogens with zero attached hydrogens (tertiary/aromatic N) is 1. The summed E-state index contributed by atoms with van der Waals surface area (Å²) in [5.74, 6) is 0. The first kappa shape index (κ1) is 8.42. The highest BCUT2D eigenvalue weighted by atomic mass is 14.8. The summed E-state index contributed by atoms with van der Waals surface area (Å²) >= 11 is 0. The molecule has 15 heavy (non-hydrogen) atoms. The lowest BCUT2D eigenvalue weighted by Gasteiger charge is -1.98. The van der Waals surface area contributed by atoms with Crippen LogP contribution in [0.25, 0.3) is 16.3 Å². The Hall–Kier alpha value is -1.89. The van der Waals surface area contributed by atoms with Gasteiger partial charge in [-0.15, -0.1) is 0 Å². The maximum absolute atomic E-state index is 2.24. The summed E-state index contributed by atoms with van der Waals surface area (Å²) in [6.45, 7) is 2.14. The van der Waals surface area contributed by atoms with Crippen LogP contribution in [-0.2, 0) is 0 Å². The standard InChI is InChI=1S/C14H12N/c1-11-5-4-8-15-10-13-7-3-2-6-12(13)9-14(11)15/h2-10H,1H3/q+1. The highest BCUT2D eigenvalue weighted by molar-refractivity contribution is 5.84. The van der Waals surface area contributed by atoms with E-state index in [1.807, 2.05) is 0 Å². The lowest BCUT2D eigenvalue weighted by molar-refractivity contribution is -0.510. The lowest BCUT2D eigenvalue weighted by atomic mass is 10.1. The normalized spacial score (nSPS) is 11.0. The van der Waals surface area contributed by atoms with Crippen molar-refractivity contribution in [3.8, 4) is 0 Å². The number of rotatable bonds is 0. The monoisotopic (exact) mass is 194 g/mol. The quantitative estimate of drug-likeness (QED) is 0.383. The third kappa shape index (κ3) is 1.28. The molecule has 3 rings (SSSR count). The second-order valence-electron chi connectivity index (χ2n) is 3.89. The van der Waals surface area contributed by atoms with E-state index >= 15 is 0 Å². The summed E-state index contributed by atoms with van der Waals surface area (Å²) in [6, 6.07) is 14.9. The molecule has 0 unspecified atom stereocenters. The lowest BCUT2D eigenvalue weighted by Crippen LogP contribution is -2.21. The molecule has 0 aliphatic heterocycles. The molecule has 0 saturated carbocycles. The minimum absolute atomic E-state index is 1.27. The summed E-state index contributed by atoms with van der Waals surface area (Å²) in [5, 5.41) is 2.58. The number of fused-ring (bicyclic) bond motifs is 2. The van der Waals surface area contributed by atoms with Gasteiger partial charge in [-0.05, 0) is 24.4 Å². The van der Waals surface area contributed by atoms with Crippen LogP contribution in [0.3, 0.4) is 0 Å². The van der Waals surface area contributed by atoms with Crippen LogP contribution in [0.5, 0.6) is 0 Å². The Morgan fingerprint density at radius 1 is 0.933 bits per heavy atom. The molecule has 0 atom stereocenters. The minimum Gasteiger partial charge on any atom is -0.166 e. The van der Waals surface area contributed by atoms with Gasteiger partial charge in [-0.2, -0.15) is 4.40 Å². The zero-order valence-electron chi connectivity index (χ0n) is 8.64. The number of pyridine rings is 2. The van der Waals surface area contributed by atoms with Gasteiger partial charge in [0.25, 0.3) is 0 Å². The van der Waals surface area contributed by atoms with E-state index < -0.39 is 0 Å².